The van der Waals surface area contributed by atoms with Crippen molar-refractivity contribution >= 4 is 11.9 Å². The quantitative estimate of drug-likeness (QED) is 0.857. The highest BCUT2D eigenvalue weighted by Crippen LogP contribution is 2.08. The third kappa shape index (κ3) is 4.57. The van der Waals surface area contributed by atoms with Gasteiger partial charge < -0.3 is 15.5 Å². The summed E-state index contributed by atoms with van der Waals surface area (Å²) >= 11 is 0. The highest BCUT2D eigenvalue weighted by atomic mass is 16.2. The Hall–Kier alpha value is -2.04. The van der Waals surface area contributed by atoms with Crippen LogP contribution in [0.25, 0.3) is 0 Å². The smallest absolute Gasteiger partial charge is 0.315 e. The third-order valence-corrected chi connectivity index (χ3v) is 3.10. The highest BCUT2D eigenvalue weighted by Gasteiger charge is 2.16. The summed E-state index contributed by atoms with van der Waals surface area (Å²) in [5, 5.41) is 5.41. The average molecular weight is 277 g/mol. The van der Waals surface area contributed by atoms with E-state index in [9.17, 15) is 9.59 Å². The zero-order valence-corrected chi connectivity index (χ0v) is 12.6. The third-order valence-electron chi connectivity index (χ3n) is 3.10. The van der Waals surface area contributed by atoms with Crippen LogP contribution in [0.1, 0.15) is 25.0 Å². The van der Waals surface area contributed by atoms with Crippen molar-refractivity contribution in [1.82, 2.24) is 15.5 Å². The van der Waals surface area contributed by atoms with E-state index in [0.29, 0.717) is 6.54 Å². The van der Waals surface area contributed by atoms with Crippen LogP contribution < -0.4 is 10.6 Å². The summed E-state index contributed by atoms with van der Waals surface area (Å²) in [6.45, 7) is 4.21. The Morgan fingerprint density at radius 3 is 2.35 bits per heavy atom. The summed E-state index contributed by atoms with van der Waals surface area (Å²) < 4.78 is 0. The number of urea groups is 1. The summed E-state index contributed by atoms with van der Waals surface area (Å²) in [5.41, 5.74) is 2.31. The van der Waals surface area contributed by atoms with Gasteiger partial charge in [0.15, 0.2) is 0 Å². The van der Waals surface area contributed by atoms with Crippen LogP contribution in [0.4, 0.5) is 4.79 Å². The molecule has 0 aliphatic heterocycles. The first kappa shape index (κ1) is 16.0. The van der Waals surface area contributed by atoms with Gasteiger partial charge in [0.2, 0.25) is 5.91 Å². The minimum absolute atomic E-state index is 0.130. The van der Waals surface area contributed by atoms with Crippen molar-refractivity contribution in [1.29, 1.82) is 0 Å². The molecule has 5 nitrogen and oxygen atoms in total. The van der Waals surface area contributed by atoms with Crippen molar-refractivity contribution in [3.05, 3.63) is 35.4 Å². The first-order chi connectivity index (χ1) is 9.45. The maximum Gasteiger partial charge on any atom is 0.315 e. The SMILES string of the molecule is CCc1ccccc1CNC(=O)N[C@H](C)C(=O)N(C)C. The second kappa shape index (κ2) is 7.53. The summed E-state index contributed by atoms with van der Waals surface area (Å²) in [5.74, 6) is -0.130. The van der Waals surface area contributed by atoms with Crippen LogP contribution in [0, 0.1) is 0 Å². The van der Waals surface area contributed by atoms with E-state index in [1.165, 1.54) is 10.5 Å². The lowest BCUT2D eigenvalue weighted by molar-refractivity contribution is -0.130. The molecule has 0 unspecified atom stereocenters. The fraction of sp³-hybridized carbons (Fsp3) is 0.467. The second-order valence-corrected chi connectivity index (χ2v) is 4.90. The zero-order chi connectivity index (χ0) is 15.1. The molecule has 20 heavy (non-hydrogen) atoms. The molecule has 1 aromatic rings. The molecule has 0 aliphatic carbocycles. The van der Waals surface area contributed by atoms with Crippen LogP contribution in [0.3, 0.4) is 0 Å². The molecule has 0 bridgehead atoms. The van der Waals surface area contributed by atoms with E-state index < -0.39 is 6.04 Å². The number of benzene rings is 1. The summed E-state index contributed by atoms with van der Waals surface area (Å²) in [7, 11) is 3.33. The van der Waals surface area contributed by atoms with Gasteiger partial charge in [0, 0.05) is 20.6 Å². The lowest BCUT2D eigenvalue weighted by Gasteiger charge is -2.18. The van der Waals surface area contributed by atoms with Crippen LogP contribution in [0.5, 0.6) is 0 Å². The van der Waals surface area contributed by atoms with E-state index in [0.717, 1.165) is 12.0 Å². The van der Waals surface area contributed by atoms with Crippen molar-refractivity contribution in [3.8, 4) is 0 Å². The normalized spacial score (nSPS) is 11.6. The Labute approximate surface area is 120 Å². The Morgan fingerprint density at radius 2 is 1.80 bits per heavy atom. The number of hydrogen-bond donors (Lipinski definition) is 2. The molecule has 3 amide bonds. The minimum atomic E-state index is -0.536. The molecule has 1 aromatic carbocycles. The molecule has 0 saturated heterocycles. The Bertz CT molecular complexity index is 472. The lowest BCUT2D eigenvalue weighted by Crippen LogP contribution is -2.47. The van der Waals surface area contributed by atoms with Crippen LogP contribution in [0.15, 0.2) is 24.3 Å². The van der Waals surface area contributed by atoms with Crippen LogP contribution in [0.2, 0.25) is 0 Å². The van der Waals surface area contributed by atoms with Gasteiger partial charge >= 0.3 is 6.03 Å². The monoisotopic (exact) mass is 277 g/mol. The predicted octanol–water partition coefficient (Wildman–Crippen LogP) is 1.52. The van der Waals surface area contributed by atoms with Gasteiger partial charge in [0.1, 0.15) is 6.04 Å². The van der Waals surface area contributed by atoms with E-state index >= 15 is 0 Å². The lowest BCUT2D eigenvalue weighted by atomic mass is 10.1. The Balaban J connectivity index is 2.49. The number of aryl methyl sites for hydroxylation is 1. The summed E-state index contributed by atoms with van der Waals surface area (Å²) in [6, 6.07) is 7.11. The molecule has 110 valence electrons. The number of nitrogens with one attached hydrogen (secondary N) is 2. The predicted molar refractivity (Wildman–Crippen MR) is 79.3 cm³/mol. The number of hydrogen-bond acceptors (Lipinski definition) is 2. The fourth-order valence-electron chi connectivity index (χ4n) is 1.95. The van der Waals surface area contributed by atoms with Gasteiger partial charge in [-0.3, -0.25) is 4.79 Å². The van der Waals surface area contributed by atoms with E-state index in [2.05, 4.69) is 17.6 Å². The highest BCUT2D eigenvalue weighted by molar-refractivity contribution is 5.86. The molecule has 2 N–H and O–H groups in total. The van der Waals surface area contributed by atoms with Crippen molar-refractivity contribution in [3.63, 3.8) is 0 Å². The maximum atomic E-state index is 11.8. The molecule has 0 heterocycles. The number of carbonyl (C=O) groups is 2. The van der Waals surface area contributed by atoms with E-state index in [4.69, 9.17) is 0 Å². The molecule has 0 saturated carbocycles. The average Bonchev–Trinajstić information content (AvgIpc) is 2.44. The molecule has 0 aromatic heterocycles. The number of likely N-dealkylation sites (N-methyl/N-ethyl adjacent to an activating group) is 1. The van der Waals surface area contributed by atoms with Crippen molar-refractivity contribution in [2.24, 2.45) is 0 Å². The standard InChI is InChI=1S/C15H23N3O2/c1-5-12-8-6-7-9-13(12)10-16-15(20)17-11(2)14(19)18(3)4/h6-9,11H,5,10H2,1-4H3,(H2,16,17,20)/t11-/m1/s1. The minimum Gasteiger partial charge on any atom is -0.347 e. The molecule has 0 spiro atoms. The van der Waals surface area contributed by atoms with E-state index in [-0.39, 0.29) is 11.9 Å². The van der Waals surface area contributed by atoms with Crippen molar-refractivity contribution in [2.45, 2.75) is 32.9 Å². The Kier molecular flexibility index (Phi) is 6.03. The number of carbonyl (C=O) groups excluding carboxylic acids is 2. The van der Waals surface area contributed by atoms with Gasteiger partial charge in [-0.25, -0.2) is 4.79 Å². The number of nitrogens with zero attached hydrogens (tertiary/aromatic N) is 1. The van der Waals surface area contributed by atoms with Crippen molar-refractivity contribution in [2.75, 3.05) is 14.1 Å². The van der Waals surface area contributed by atoms with Gasteiger partial charge in [-0.15, -0.1) is 0 Å². The van der Waals surface area contributed by atoms with Crippen LogP contribution in [-0.4, -0.2) is 37.0 Å². The molecule has 0 radical (unpaired) electrons. The van der Waals surface area contributed by atoms with Gasteiger partial charge in [0.25, 0.3) is 0 Å². The molecule has 1 rings (SSSR count). The Morgan fingerprint density at radius 1 is 1.20 bits per heavy atom. The van der Waals surface area contributed by atoms with Gasteiger partial charge in [-0.05, 0) is 24.5 Å². The molecule has 0 aliphatic rings. The summed E-state index contributed by atoms with van der Waals surface area (Å²) in [6.07, 6.45) is 0.926. The molecule has 5 heteroatoms. The van der Waals surface area contributed by atoms with Crippen LogP contribution >= 0.6 is 0 Å². The largest absolute Gasteiger partial charge is 0.347 e. The molecule has 0 fully saturated rings. The number of rotatable bonds is 5. The van der Waals surface area contributed by atoms with E-state index in [1.807, 2.05) is 24.3 Å². The molecule has 1 atom stereocenters. The van der Waals surface area contributed by atoms with Gasteiger partial charge in [-0.2, -0.15) is 0 Å². The summed E-state index contributed by atoms with van der Waals surface area (Å²) in [4.78, 5) is 24.9. The zero-order valence-electron chi connectivity index (χ0n) is 12.6. The molecular weight excluding hydrogens is 254 g/mol. The van der Waals surface area contributed by atoms with Gasteiger partial charge in [0.05, 0.1) is 0 Å². The first-order valence-electron chi connectivity index (χ1n) is 6.78. The van der Waals surface area contributed by atoms with Crippen LogP contribution in [-0.2, 0) is 17.8 Å². The fourth-order valence-corrected chi connectivity index (χ4v) is 1.95. The molecular formula is C15H23N3O2. The van der Waals surface area contributed by atoms with E-state index in [1.54, 1.807) is 21.0 Å². The van der Waals surface area contributed by atoms with Crippen molar-refractivity contribution < 1.29 is 9.59 Å². The van der Waals surface area contributed by atoms with Gasteiger partial charge in [-0.1, -0.05) is 31.2 Å². The topological polar surface area (TPSA) is 61.4 Å². The maximum absolute atomic E-state index is 11.8. The second-order valence-electron chi connectivity index (χ2n) is 4.90. The first-order valence-corrected chi connectivity index (χ1v) is 6.78. The number of amides is 3.